The lowest BCUT2D eigenvalue weighted by Crippen LogP contribution is -2.47. The molecule has 116 valence electrons. The Hall–Kier alpha value is -1.85. The van der Waals surface area contributed by atoms with Gasteiger partial charge in [0.2, 0.25) is 0 Å². The highest BCUT2D eigenvalue weighted by Gasteiger charge is 2.62. The molecule has 3 heterocycles. The van der Waals surface area contributed by atoms with Crippen molar-refractivity contribution in [2.75, 3.05) is 7.05 Å². The molecule has 2 bridgehead atoms. The highest BCUT2D eigenvalue weighted by Crippen LogP contribution is 2.48. The first-order valence-corrected chi connectivity index (χ1v) is 7.67. The van der Waals surface area contributed by atoms with Crippen LogP contribution in [-0.4, -0.2) is 53.4 Å². The largest absolute Gasteiger partial charge is 0.515 e. The van der Waals surface area contributed by atoms with Crippen molar-refractivity contribution in [1.29, 1.82) is 0 Å². The van der Waals surface area contributed by atoms with Crippen LogP contribution in [-0.2, 0) is 14.3 Å². The molecule has 1 aromatic carbocycles. The number of esters is 1. The van der Waals surface area contributed by atoms with Gasteiger partial charge in [-0.25, -0.2) is 4.79 Å². The highest BCUT2D eigenvalue weighted by molar-refractivity contribution is 6.16. The average Bonchev–Trinajstić information content (AvgIpc) is 3.27. The van der Waals surface area contributed by atoms with Crippen LogP contribution in [0.4, 0.5) is 0 Å². The number of aliphatic hydroxyl groups excluding tert-OH is 1. The number of aliphatic hydroxyl groups is 1. The van der Waals surface area contributed by atoms with Gasteiger partial charge >= 0.3 is 5.97 Å². The molecule has 1 aromatic rings. The maximum atomic E-state index is 12.4. The second kappa shape index (κ2) is 5.11. The van der Waals surface area contributed by atoms with Crippen LogP contribution < -0.4 is 0 Å². The van der Waals surface area contributed by atoms with E-state index in [1.54, 1.807) is 12.1 Å². The fraction of sp³-hybridized carbons (Fsp3) is 0.471. The Kier molecular flexibility index (Phi) is 3.20. The third-order valence-electron chi connectivity index (χ3n) is 5.08. The van der Waals surface area contributed by atoms with E-state index >= 15 is 0 Å². The number of carbonyl (C=O) groups excluding carboxylic acids is 1. The standard InChI is InChI=1S/C17H19NO4/c1-18-13-7-11(8-14(18)16-15(13)22-16)21-17(20)12(9-19)10-5-3-2-4-6-10/h2-6,9,11,13-16,19H,7-8H2,1H3/b12-9+/t11?,13-,14+,15-,16+. The Labute approximate surface area is 129 Å². The molecule has 3 aliphatic rings. The van der Waals surface area contributed by atoms with E-state index < -0.39 is 5.97 Å². The van der Waals surface area contributed by atoms with Crippen LogP contribution in [0.2, 0.25) is 0 Å². The molecule has 0 aromatic heterocycles. The zero-order valence-electron chi connectivity index (χ0n) is 12.4. The van der Waals surface area contributed by atoms with Crippen molar-refractivity contribution in [1.82, 2.24) is 4.90 Å². The van der Waals surface area contributed by atoms with E-state index in [2.05, 4.69) is 11.9 Å². The first-order chi connectivity index (χ1) is 10.7. The molecule has 4 rings (SSSR count). The Morgan fingerprint density at radius 2 is 1.91 bits per heavy atom. The van der Waals surface area contributed by atoms with Gasteiger partial charge in [-0.3, -0.25) is 4.90 Å². The van der Waals surface area contributed by atoms with Gasteiger partial charge in [-0.05, 0) is 12.6 Å². The average molecular weight is 301 g/mol. The quantitative estimate of drug-likeness (QED) is 0.399. The van der Waals surface area contributed by atoms with Gasteiger partial charge in [-0.2, -0.15) is 0 Å². The van der Waals surface area contributed by atoms with Crippen LogP contribution >= 0.6 is 0 Å². The highest BCUT2D eigenvalue weighted by atomic mass is 16.6. The number of likely N-dealkylation sites (N-methyl/N-ethyl adjacent to an activating group) is 1. The molecule has 0 saturated carbocycles. The van der Waals surface area contributed by atoms with Crippen LogP contribution in [0, 0.1) is 0 Å². The molecule has 0 aliphatic carbocycles. The van der Waals surface area contributed by atoms with Gasteiger partial charge in [0.1, 0.15) is 23.9 Å². The van der Waals surface area contributed by atoms with E-state index in [0.29, 0.717) is 29.9 Å². The Bertz CT molecular complexity index is 596. The summed E-state index contributed by atoms with van der Waals surface area (Å²) in [5.41, 5.74) is 0.866. The molecule has 5 heteroatoms. The molecule has 3 aliphatic heterocycles. The van der Waals surface area contributed by atoms with Gasteiger partial charge in [-0.1, -0.05) is 30.3 Å². The fourth-order valence-corrected chi connectivity index (χ4v) is 3.87. The van der Waals surface area contributed by atoms with Crippen LogP contribution in [0.5, 0.6) is 0 Å². The van der Waals surface area contributed by atoms with Gasteiger partial charge in [-0.15, -0.1) is 0 Å². The summed E-state index contributed by atoms with van der Waals surface area (Å²) in [6.07, 6.45) is 2.97. The molecule has 3 fully saturated rings. The lowest BCUT2D eigenvalue weighted by atomic mass is 9.99. The summed E-state index contributed by atoms with van der Waals surface area (Å²) in [6, 6.07) is 9.78. The second-order valence-electron chi connectivity index (χ2n) is 6.27. The van der Waals surface area contributed by atoms with E-state index in [4.69, 9.17) is 9.47 Å². The third kappa shape index (κ3) is 2.12. The number of fused-ring (bicyclic) bond motifs is 5. The maximum absolute atomic E-state index is 12.4. The number of piperidine rings is 1. The minimum absolute atomic E-state index is 0.103. The predicted octanol–water partition coefficient (Wildman–Crippen LogP) is 1.74. The van der Waals surface area contributed by atoms with Gasteiger partial charge in [0, 0.05) is 24.9 Å². The normalized spacial score (nSPS) is 36.8. The van der Waals surface area contributed by atoms with Gasteiger partial charge < -0.3 is 14.6 Å². The van der Waals surface area contributed by atoms with Crippen LogP contribution in [0.1, 0.15) is 18.4 Å². The molecule has 1 N–H and O–H groups in total. The van der Waals surface area contributed by atoms with Crippen molar-refractivity contribution in [3.05, 3.63) is 42.2 Å². The van der Waals surface area contributed by atoms with Gasteiger partial charge in [0.25, 0.3) is 0 Å². The lowest BCUT2D eigenvalue weighted by molar-refractivity contribution is -0.146. The molecule has 0 radical (unpaired) electrons. The van der Waals surface area contributed by atoms with Gasteiger partial charge in [0.05, 0.1) is 6.26 Å². The first kappa shape index (κ1) is 13.8. The summed E-state index contributed by atoms with van der Waals surface area (Å²) in [7, 11) is 2.12. The van der Waals surface area contributed by atoms with Crippen molar-refractivity contribution in [2.45, 2.75) is 43.2 Å². The number of benzene rings is 1. The zero-order chi connectivity index (χ0) is 15.3. The van der Waals surface area contributed by atoms with Crippen LogP contribution in [0.25, 0.3) is 5.57 Å². The molecule has 5 atom stereocenters. The third-order valence-corrected chi connectivity index (χ3v) is 5.08. The van der Waals surface area contributed by atoms with E-state index in [1.165, 1.54) is 0 Å². The molecule has 0 amide bonds. The van der Waals surface area contributed by atoms with E-state index in [1.807, 2.05) is 18.2 Å². The smallest absolute Gasteiger partial charge is 0.342 e. The number of carbonyl (C=O) groups is 1. The van der Waals surface area contributed by atoms with Crippen LogP contribution in [0.3, 0.4) is 0 Å². The number of hydrogen-bond acceptors (Lipinski definition) is 5. The van der Waals surface area contributed by atoms with E-state index in [0.717, 1.165) is 19.1 Å². The minimum Gasteiger partial charge on any atom is -0.515 e. The van der Waals surface area contributed by atoms with E-state index in [-0.39, 0.29) is 11.7 Å². The molecular weight excluding hydrogens is 282 g/mol. The number of rotatable bonds is 3. The van der Waals surface area contributed by atoms with Gasteiger partial charge in [0.15, 0.2) is 0 Å². The fourth-order valence-electron chi connectivity index (χ4n) is 3.87. The molecule has 22 heavy (non-hydrogen) atoms. The van der Waals surface area contributed by atoms with Crippen molar-refractivity contribution < 1.29 is 19.4 Å². The summed E-state index contributed by atoms with van der Waals surface area (Å²) in [5, 5.41) is 9.40. The molecule has 3 saturated heterocycles. The Morgan fingerprint density at radius 1 is 1.27 bits per heavy atom. The number of hydrogen-bond donors (Lipinski definition) is 1. The number of nitrogens with zero attached hydrogens (tertiary/aromatic N) is 1. The lowest BCUT2D eigenvalue weighted by Gasteiger charge is -2.37. The van der Waals surface area contributed by atoms with Crippen molar-refractivity contribution in [3.8, 4) is 0 Å². The number of epoxide rings is 1. The topological polar surface area (TPSA) is 62.3 Å². The predicted molar refractivity (Wildman–Crippen MR) is 80.2 cm³/mol. The first-order valence-electron chi connectivity index (χ1n) is 7.67. The molecule has 0 spiro atoms. The van der Waals surface area contributed by atoms with Crippen molar-refractivity contribution >= 4 is 11.5 Å². The summed E-state index contributed by atoms with van der Waals surface area (Å²) in [6.45, 7) is 0. The zero-order valence-corrected chi connectivity index (χ0v) is 12.4. The second-order valence-corrected chi connectivity index (χ2v) is 6.27. The Morgan fingerprint density at radius 3 is 2.50 bits per heavy atom. The monoisotopic (exact) mass is 301 g/mol. The number of ether oxygens (including phenoxy) is 2. The minimum atomic E-state index is -0.461. The summed E-state index contributed by atoms with van der Waals surface area (Å²) >= 11 is 0. The van der Waals surface area contributed by atoms with Crippen molar-refractivity contribution in [2.24, 2.45) is 0 Å². The maximum Gasteiger partial charge on any atom is 0.342 e. The van der Waals surface area contributed by atoms with Crippen molar-refractivity contribution in [3.63, 3.8) is 0 Å². The van der Waals surface area contributed by atoms with Crippen LogP contribution in [0.15, 0.2) is 36.6 Å². The molecule has 5 nitrogen and oxygen atoms in total. The summed E-state index contributed by atoms with van der Waals surface area (Å²) in [5.74, 6) is -0.461. The summed E-state index contributed by atoms with van der Waals surface area (Å²) < 4.78 is 11.3. The SMILES string of the molecule is CN1[C@@H]2CC(OC(=O)/C(=C/O)c3ccccc3)C[C@H]1[C@@H]1O[C@@H]12. The number of morpholine rings is 1. The Balaban J connectivity index is 1.45. The van der Waals surface area contributed by atoms with E-state index in [9.17, 15) is 9.90 Å². The molecular formula is C17H19NO4. The summed E-state index contributed by atoms with van der Waals surface area (Å²) in [4.78, 5) is 14.7. The molecule has 1 unspecified atom stereocenters.